The lowest BCUT2D eigenvalue weighted by atomic mass is 10.1. The summed E-state index contributed by atoms with van der Waals surface area (Å²) in [6.07, 6.45) is 2.30. The van der Waals surface area contributed by atoms with E-state index in [4.69, 9.17) is 11.6 Å². The molecule has 1 amide bonds. The Bertz CT molecular complexity index is 508. The number of aliphatic hydroxyl groups is 1. The van der Waals surface area contributed by atoms with Crippen LogP contribution >= 0.6 is 11.6 Å². The number of hydrogen-bond acceptors (Lipinski definition) is 3. The number of para-hydroxylation sites is 1. The van der Waals surface area contributed by atoms with Gasteiger partial charge in [0.1, 0.15) is 0 Å². The third kappa shape index (κ3) is 2.55. The van der Waals surface area contributed by atoms with Gasteiger partial charge in [0.15, 0.2) is 0 Å². The van der Waals surface area contributed by atoms with Crippen LogP contribution in [-0.2, 0) is 4.79 Å². The van der Waals surface area contributed by atoms with Gasteiger partial charge in [-0.2, -0.15) is 0 Å². The SMILES string of the molecule is O=C1C(N2CCCC(O)C2)CCN1c1ccccc1Cl. The summed E-state index contributed by atoms with van der Waals surface area (Å²) in [5, 5.41) is 10.4. The summed E-state index contributed by atoms with van der Waals surface area (Å²) >= 11 is 6.18. The number of β-amino-alcohol motifs (C(OH)–C–C–N with tert-alkyl or cyclic N) is 1. The quantitative estimate of drug-likeness (QED) is 0.906. The molecule has 3 rings (SSSR count). The zero-order valence-corrected chi connectivity index (χ0v) is 12.1. The number of nitrogens with zero attached hydrogens (tertiary/aromatic N) is 2. The summed E-state index contributed by atoms with van der Waals surface area (Å²) in [6, 6.07) is 7.34. The minimum atomic E-state index is -0.300. The van der Waals surface area contributed by atoms with Crippen molar-refractivity contribution in [2.45, 2.75) is 31.4 Å². The second kappa shape index (κ2) is 5.72. The molecule has 0 saturated carbocycles. The predicted octanol–water partition coefficient (Wildman–Crippen LogP) is 1.90. The summed E-state index contributed by atoms with van der Waals surface area (Å²) < 4.78 is 0. The van der Waals surface area contributed by atoms with Crippen molar-refractivity contribution in [2.24, 2.45) is 0 Å². The molecule has 108 valence electrons. The standard InChI is InChI=1S/C15H19ClN2O2/c16-12-5-1-2-6-13(12)18-9-7-14(15(18)20)17-8-3-4-11(19)10-17/h1-2,5-6,11,14,19H,3-4,7-10H2. The average molecular weight is 295 g/mol. The molecule has 0 aromatic heterocycles. The van der Waals surface area contributed by atoms with Crippen molar-refractivity contribution in [3.05, 3.63) is 29.3 Å². The third-order valence-electron chi connectivity index (χ3n) is 4.19. The monoisotopic (exact) mass is 294 g/mol. The highest BCUT2D eigenvalue weighted by Gasteiger charge is 2.38. The van der Waals surface area contributed by atoms with Crippen molar-refractivity contribution < 1.29 is 9.90 Å². The zero-order valence-electron chi connectivity index (χ0n) is 11.3. The van der Waals surface area contributed by atoms with Crippen molar-refractivity contribution in [3.8, 4) is 0 Å². The van der Waals surface area contributed by atoms with Crippen LogP contribution in [-0.4, -0.2) is 47.7 Å². The molecular formula is C15H19ClN2O2. The van der Waals surface area contributed by atoms with Gasteiger partial charge in [-0.25, -0.2) is 0 Å². The second-order valence-electron chi connectivity index (χ2n) is 5.54. The van der Waals surface area contributed by atoms with Gasteiger partial charge in [0.05, 0.1) is 22.9 Å². The fraction of sp³-hybridized carbons (Fsp3) is 0.533. The lowest BCUT2D eigenvalue weighted by molar-refractivity contribution is -0.122. The van der Waals surface area contributed by atoms with Crippen LogP contribution in [0, 0.1) is 0 Å². The number of likely N-dealkylation sites (tertiary alicyclic amines) is 1. The Balaban J connectivity index is 1.76. The molecule has 2 aliphatic heterocycles. The lowest BCUT2D eigenvalue weighted by Gasteiger charge is -2.33. The maximum atomic E-state index is 12.6. The molecule has 0 radical (unpaired) electrons. The van der Waals surface area contributed by atoms with Crippen LogP contribution < -0.4 is 4.90 Å². The highest BCUT2D eigenvalue weighted by atomic mass is 35.5. The minimum absolute atomic E-state index is 0.104. The number of piperidine rings is 1. The van der Waals surface area contributed by atoms with Gasteiger partial charge in [-0.1, -0.05) is 23.7 Å². The first-order valence-corrected chi connectivity index (χ1v) is 7.52. The Labute approximate surface area is 123 Å². The van der Waals surface area contributed by atoms with Crippen LogP contribution in [0.4, 0.5) is 5.69 Å². The van der Waals surface area contributed by atoms with Crippen LogP contribution in [0.5, 0.6) is 0 Å². The number of carbonyl (C=O) groups is 1. The summed E-state index contributed by atoms with van der Waals surface area (Å²) in [5.41, 5.74) is 0.791. The molecule has 1 aromatic rings. The Hall–Kier alpha value is -1.10. The summed E-state index contributed by atoms with van der Waals surface area (Å²) in [7, 11) is 0. The Morgan fingerprint density at radius 2 is 2.00 bits per heavy atom. The number of amides is 1. The van der Waals surface area contributed by atoms with Gasteiger partial charge < -0.3 is 10.0 Å². The van der Waals surface area contributed by atoms with Crippen molar-refractivity contribution >= 4 is 23.2 Å². The third-order valence-corrected chi connectivity index (χ3v) is 4.51. The normalized spacial score (nSPS) is 28.1. The van der Waals surface area contributed by atoms with Crippen LogP contribution in [0.3, 0.4) is 0 Å². The van der Waals surface area contributed by atoms with Crippen molar-refractivity contribution in [3.63, 3.8) is 0 Å². The molecule has 2 aliphatic rings. The highest BCUT2D eigenvalue weighted by Crippen LogP contribution is 2.31. The van der Waals surface area contributed by atoms with E-state index in [2.05, 4.69) is 4.90 Å². The molecule has 0 bridgehead atoms. The van der Waals surface area contributed by atoms with Gasteiger partial charge >= 0.3 is 0 Å². The van der Waals surface area contributed by atoms with E-state index < -0.39 is 0 Å². The molecule has 2 unspecified atom stereocenters. The second-order valence-corrected chi connectivity index (χ2v) is 5.94. The summed E-state index contributed by atoms with van der Waals surface area (Å²) in [5.74, 6) is 0.104. The first kappa shape index (κ1) is 13.9. The first-order chi connectivity index (χ1) is 9.66. The molecule has 4 nitrogen and oxygen atoms in total. The Kier molecular flexibility index (Phi) is 3.96. The topological polar surface area (TPSA) is 43.8 Å². The van der Waals surface area contributed by atoms with E-state index in [0.29, 0.717) is 18.1 Å². The number of aliphatic hydroxyl groups excluding tert-OH is 1. The molecule has 20 heavy (non-hydrogen) atoms. The first-order valence-electron chi connectivity index (χ1n) is 7.15. The van der Waals surface area contributed by atoms with Crippen LogP contribution in [0.2, 0.25) is 5.02 Å². The van der Waals surface area contributed by atoms with Crippen LogP contribution in [0.1, 0.15) is 19.3 Å². The molecule has 1 aromatic carbocycles. The van der Waals surface area contributed by atoms with E-state index in [1.165, 1.54) is 0 Å². The molecule has 2 atom stereocenters. The molecule has 2 heterocycles. The molecular weight excluding hydrogens is 276 g/mol. The molecule has 2 saturated heterocycles. The number of hydrogen-bond donors (Lipinski definition) is 1. The van der Waals surface area contributed by atoms with Gasteiger partial charge in [-0.05, 0) is 37.9 Å². The van der Waals surface area contributed by atoms with E-state index in [1.54, 1.807) is 4.90 Å². The van der Waals surface area contributed by atoms with Crippen LogP contribution in [0.15, 0.2) is 24.3 Å². The van der Waals surface area contributed by atoms with E-state index >= 15 is 0 Å². The molecule has 1 N–H and O–H groups in total. The van der Waals surface area contributed by atoms with Gasteiger partial charge in [0.2, 0.25) is 5.91 Å². The molecule has 0 aliphatic carbocycles. The van der Waals surface area contributed by atoms with Gasteiger partial charge in [-0.15, -0.1) is 0 Å². The lowest BCUT2D eigenvalue weighted by Crippen LogP contribution is -2.48. The number of carbonyl (C=O) groups excluding carboxylic acids is 1. The van der Waals surface area contributed by atoms with E-state index in [9.17, 15) is 9.90 Å². The van der Waals surface area contributed by atoms with E-state index in [-0.39, 0.29) is 18.1 Å². The van der Waals surface area contributed by atoms with Gasteiger partial charge in [0, 0.05) is 13.1 Å². The van der Waals surface area contributed by atoms with E-state index in [0.717, 1.165) is 31.5 Å². The fourth-order valence-electron chi connectivity index (χ4n) is 3.18. The smallest absolute Gasteiger partial charge is 0.244 e. The Morgan fingerprint density at radius 1 is 1.20 bits per heavy atom. The number of anilines is 1. The number of halogens is 1. The average Bonchev–Trinajstić information content (AvgIpc) is 2.81. The van der Waals surface area contributed by atoms with Gasteiger partial charge in [-0.3, -0.25) is 9.69 Å². The predicted molar refractivity (Wildman–Crippen MR) is 79.0 cm³/mol. The summed E-state index contributed by atoms with van der Waals surface area (Å²) in [6.45, 7) is 2.19. The summed E-state index contributed by atoms with van der Waals surface area (Å²) in [4.78, 5) is 16.5. The van der Waals surface area contributed by atoms with Gasteiger partial charge in [0.25, 0.3) is 0 Å². The minimum Gasteiger partial charge on any atom is -0.392 e. The van der Waals surface area contributed by atoms with Crippen molar-refractivity contribution in [1.82, 2.24) is 4.90 Å². The zero-order chi connectivity index (χ0) is 14.1. The highest BCUT2D eigenvalue weighted by molar-refractivity contribution is 6.33. The number of rotatable bonds is 2. The van der Waals surface area contributed by atoms with Crippen molar-refractivity contribution in [2.75, 3.05) is 24.5 Å². The largest absolute Gasteiger partial charge is 0.392 e. The van der Waals surface area contributed by atoms with Crippen LogP contribution in [0.25, 0.3) is 0 Å². The van der Waals surface area contributed by atoms with Crippen molar-refractivity contribution in [1.29, 1.82) is 0 Å². The van der Waals surface area contributed by atoms with E-state index in [1.807, 2.05) is 24.3 Å². The maximum absolute atomic E-state index is 12.6. The molecule has 0 spiro atoms. The number of benzene rings is 1. The molecule has 2 fully saturated rings. The molecule has 5 heteroatoms. The maximum Gasteiger partial charge on any atom is 0.244 e. The fourth-order valence-corrected chi connectivity index (χ4v) is 3.42. The Morgan fingerprint density at radius 3 is 2.75 bits per heavy atom.